The molecule has 0 N–H and O–H groups in total. The molecular weight excluding hydrogens is 340 g/mol. The molecule has 27 heavy (non-hydrogen) atoms. The molecule has 1 aromatic carbocycles. The number of rotatable bonds is 4. The maximum absolute atomic E-state index is 13.4. The van der Waals surface area contributed by atoms with Gasteiger partial charge in [-0.05, 0) is 25.8 Å². The van der Waals surface area contributed by atoms with Gasteiger partial charge in [-0.3, -0.25) is 9.59 Å². The number of benzene rings is 1. The first-order valence-electron chi connectivity index (χ1n) is 9.48. The fraction of sp³-hybridized carbons (Fsp3) is 0.381. The van der Waals surface area contributed by atoms with Gasteiger partial charge >= 0.3 is 0 Å². The highest BCUT2D eigenvalue weighted by atomic mass is 16.2. The molecule has 1 aliphatic rings. The largest absolute Gasteiger partial charge is 0.335 e. The third-order valence-electron chi connectivity index (χ3n) is 5.42. The molecule has 1 unspecified atom stereocenters. The zero-order chi connectivity index (χ0) is 19.0. The number of hydrogen-bond acceptors (Lipinski definition) is 3. The number of nitrogens with zero attached hydrogens (tertiary/aromatic N) is 4. The van der Waals surface area contributed by atoms with E-state index >= 15 is 0 Å². The molecule has 0 spiro atoms. The third kappa shape index (κ3) is 3.05. The van der Waals surface area contributed by atoms with Crippen molar-refractivity contribution in [2.75, 3.05) is 6.54 Å². The Morgan fingerprint density at radius 2 is 2.04 bits per heavy atom. The summed E-state index contributed by atoms with van der Waals surface area (Å²) < 4.78 is 4.10. The Bertz CT molecular complexity index is 1000. The quantitative estimate of drug-likeness (QED) is 0.667. The van der Waals surface area contributed by atoms with Gasteiger partial charge in [-0.15, -0.1) is 0 Å². The smallest absolute Gasteiger partial charge is 0.245 e. The highest BCUT2D eigenvalue weighted by Gasteiger charge is 2.28. The van der Waals surface area contributed by atoms with E-state index in [4.69, 9.17) is 0 Å². The van der Waals surface area contributed by atoms with Crippen LogP contribution in [-0.4, -0.2) is 37.3 Å². The summed E-state index contributed by atoms with van der Waals surface area (Å²) in [6.45, 7) is 5.79. The van der Waals surface area contributed by atoms with E-state index in [0.717, 1.165) is 36.1 Å². The van der Waals surface area contributed by atoms with E-state index in [1.54, 1.807) is 6.92 Å². The first kappa shape index (κ1) is 17.5. The molecule has 0 aliphatic carbocycles. The number of hydrogen-bond donors (Lipinski definition) is 0. The first-order valence-corrected chi connectivity index (χ1v) is 9.48. The lowest BCUT2D eigenvalue weighted by molar-refractivity contribution is -0.135. The molecule has 6 nitrogen and oxygen atoms in total. The summed E-state index contributed by atoms with van der Waals surface area (Å²) in [6.07, 6.45) is 7.10. The van der Waals surface area contributed by atoms with Crippen LogP contribution in [0.25, 0.3) is 10.9 Å². The molecule has 0 saturated heterocycles. The summed E-state index contributed by atoms with van der Waals surface area (Å²) >= 11 is 0. The first-order chi connectivity index (χ1) is 13.1. The zero-order valence-electron chi connectivity index (χ0n) is 15.8. The van der Waals surface area contributed by atoms with Crippen LogP contribution in [0.1, 0.15) is 48.8 Å². The maximum Gasteiger partial charge on any atom is 0.245 e. The number of fused-ring (bicyclic) bond motifs is 2. The lowest BCUT2D eigenvalue weighted by Gasteiger charge is -2.26. The molecule has 0 radical (unpaired) electrons. The highest BCUT2D eigenvalue weighted by Crippen LogP contribution is 2.28. The van der Waals surface area contributed by atoms with Gasteiger partial charge in [0.2, 0.25) is 5.91 Å². The summed E-state index contributed by atoms with van der Waals surface area (Å²) in [5.74, 6) is 0.119. The monoisotopic (exact) mass is 364 g/mol. The van der Waals surface area contributed by atoms with Gasteiger partial charge in [0.25, 0.3) is 0 Å². The van der Waals surface area contributed by atoms with Gasteiger partial charge in [-0.25, -0.2) is 4.98 Å². The van der Waals surface area contributed by atoms with Crippen molar-refractivity contribution in [2.24, 2.45) is 0 Å². The number of Topliss-reactive ketones (excluding diaryl/α,β-unsaturated/α-hetero) is 1. The van der Waals surface area contributed by atoms with E-state index in [9.17, 15) is 9.59 Å². The Balaban J connectivity index is 1.71. The number of amides is 1. The normalized spacial score (nSPS) is 15.4. The minimum Gasteiger partial charge on any atom is -0.335 e. The predicted octanol–water partition coefficient (Wildman–Crippen LogP) is 3.42. The SMILES string of the molecule is CCC(C(=O)N1CCCn2cncc2C1)n1cc(C(C)=O)c2ccccc21. The van der Waals surface area contributed by atoms with Crippen LogP contribution in [0.15, 0.2) is 43.0 Å². The second-order valence-electron chi connectivity index (χ2n) is 7.14. The van der Waals surface area contributed by atoms with Gasteiger partial charge in [0, 0.05) is 41.9 Å². The molecule has 4 rings (SSSR count). The van der Waals surface area contributed by atoms with Crippen molar-refractivity contribution in [1.29, 1.82) is 0 Å². The fourth-order valence-corrected chi connectivity index (χ4v) is 4.02. The van der Waals surface area contributed by atoms with Crippen LogP contribution >= 0.6 is 0 Å². The van der Waals surface area contributed by atoms with Crippen LogP contribution in [0, 0.1) is 0 Å². The van der Waals surface area contributed by atoms with Crippen molar-refractivity contribution >= 4 is 22.6 Å². The maximum atomic E-state index is 13.4. The Kier molecular flexibility index (Phi) is 4.56. The molecule has 2 aromatic heterocycles. The average molecular weight is 364 g/mol. The standard InChI is InChI=1S/C21H24N4O2/c1-3-19(21(27)23-9-6-10-24-14-22-11-16(24)12-23)25-13-18(15(2)26)17-7-4-5-8-20(17)25/h4-5,7-8,11,13-14,19H,3,6,9-10,12H2,1-2H3. The minimum absolute atomic E-state index is 0.0194. The number of ketones is 1. The molecule has 1 aliphatic heterocycles. The van der Waals surface area contributed by atoms with Crippen molar-refractivity contribution in [2.45, 2.75) is 45.8 Å². The summed E-state index contributed by atoms with van der Waals surface area (Å²) in [5, 5.41) is 0.908. The number of imidazole rings is 1. The van der Waals surface area contributed by atoms with Gasteiger partial charge in [-0.2, -0.15) is 0 Å². The summed E-state index contributed by atoms with van der Waals surface area (Å²) in [4.78, 5) is 31.7. The van der Waals surface area contributed by atoms with Gasteiger partial charge in [0.05, 0.1) is 18.6 Å². The Labute approximate surface area is 158 Å². The molecule has 3 heterocycles. The Morgan fingerprint density at radius 1 is 1.22 bits per heavy atom. The number of carbonyl (C=O) groups is 2. The van der Waals surface area contributed by atoms with Gasteiger partial charge in [-0.1, -0.05) is 25.1 Å². The van der Waals surface area contributed by atoms with Crippen molar-refractivity contribution in [3.63, 3.8) is 0 Å². The number of aryl methyl sites for hydroxylation is 1. The van der Waals surface area contributed by atoms with E-state index in [1.807, 2.05) is 59.4 Å². The van der Waals surface area contributed by atoms with Crippen molar-refractivity contribution in [1.82, 2.24) is 19.0 Å². The molecule has 1 atom stereocenters. The Hall–Kier alpha value is -2.89. The molecule has 0 bridgehead atoms. The second kappa shape index (κ2) is 7.02. The summed E-state index contributed by atoms with van der Waals surface area (Å²) in [7, 11) is 0. The molecule has 1 amide bonds. The van der Waals surface area contributed by atoms with Crippen LogP contribution in [-0.2, 0) is 17.9 Å². The number of carbonyl (C=O) groups excluding carboxylic acids is 2. The van der Waals surface area contributed by atoms with E-state index in [1.165, 1.54) is 0 Å². The Morgan fingerprint density at radius 3 is 2.81 bits per heavy atom. The minimum atomic E-state index is -0.322. The molecule has 0 fully saturated rings. The van der Waals surface area contributed by atoms with Crippen LogP contribution < -0.4 is 0 Å². The molecule has 6 heteroatoms. The van der Waals surface area contributed by atoms with Crippen molar-refractivity contribution in [3.05, 3.63) is 54.2 Å². The number of aromatic nitrogens is 3. The van der Waals surface area contributed by atoms with Gasteiger partial charge in [0.1, 0.15) is 6.04 Å². The van der Waals surface area contributed by atoms with E-state index in [2.05, 4.69) is 9.55 Å². The summed E-state index contributed by atoms with van der Waals surface area (Å²) in [6, 6.07) is 7.49. The van der Waals surface area contributed by atoms with Gasteiger partial charge < -0.3 is 14.0 Å². The summed E-state index contributed by atoms with van der Waals surface area (Å²) in [5.41, 5.74) is 2.67. The number of para-hydroxylation sites is 1. The third-order valence-corrected chi connectivity index (χ3v) is 5.42. The topological polar surface area (TPSA) is 60.1 Å². The molecule has 140 valence electrons. The van der Waals surface area contributed by atoms with Crippen LogP contribution in [0.4, 0.5) is 0 Å². The van der Waals surface area contributed by atoms with E-state index in [-0.39, 0.29) is 17.7 Å². The van der Waals surface area contributed by atoms with Crippen molar-refractivity contribution in [3.8, 4) is 0 Å². The highest BCUT2D eigenvalue weighted by molar-refractivity contribution is 6.07. The van der Waals surface area contributed by atoms with Crippen LogP contribution in [0.2, 0.25) is 0 Å². The van der Waals surface area contributed by atoms with E-state index < -0.39 is 0 Å². The van der Waals surface area contributed by atoms with E-state index in [0.29, 0.717) is 18.5 Å². The lowest BCUT2D eigenvalue weighted by atomic mass is 10.1. The van der Waals surface area contributed by atoms with Crippen LogP contribution in [0.5, 0.6) is 0 Å². The van der Waals surface area contributed by atoms with Crippen LogP contribution in [0.3, 0.4) is 0 Å². The van der Waals surface area contributed by atoms with Gasteiger partial charge in [0.15, 0.2) is 5.78 Å². The van der Waals surface area contributed by atoms with Crippen molar-refractivity contribution < 1.29 is 9.59 Å². The average Bonchev–Trinajstić information content (AvgIpc) is 3.21. The zero-order valence-corrected chi connectivity index (χ0v) is 15.8. The lowest BCUT2D eigenvalue weighted by Crippen LogP contribution is -2.36. The molecule has 3 aromatic rings. The predicted molar refractivity (Wildman–Crippen MR) is 104 cm³/mol. The fourth-order valence-electron chi connectivity index (χ4n) is 4.02. The second-order valence-corrected chi connectivity index (χ2v) is 7.14. The molecular formula is C21H24N4O2. The molecule has 0 saturated carbocycles.